The zero-order valence-corrected chi connectivity index (χ0v) is 12.4. The molecule has 5 nitrogen and oxygen atoms in total. The number of aromatic nitrogens is 1. The average molecular weight is 324 g/mol. The van der Waals surface area contributed by atoms with Crippen molar-refractivity contribution in [2.75, 3.05) is 13.1 Å². The third-order valence-electron chi connectivity index (χ3n) is 2.09. The van der Waals surface area contributed by atoms with Crippen LogP contribution in [0.1, 0.15) is 5.69 Å². The van der Waals surface area contributed by atoms with Crippen molar-refractivity contribution in [2.45, 2.75) is 6.42 Å². The molecule has 19 heavy (non-hydrogen) atoms. The molecule has 0 aliphatic rings. The van der Waals surface area contributed by atoms with Crippen molar-refractivity contribution < 1.29 is 9.21 Å². The van der Waals surface area contributed by atoms with Crippen molar-refractivity contribution in [3.8, 4) is 10.8 Å². The van der Waals surface area contributed by atoms with Crippen LogP contribution in [0.2, 0.25) is 0 Å². The van der Waals surface area contributed by atoms with Crippen molar-refractivity contribution in [3.05, 3.63) is 29.5 Å². The maximum Gasteiger partial charge on any atom is 0.236 e. The maximum absolute atomic E-state index is 11.4. The molecule has 0 spiro atoms. The van der Waals surface area contributed by atoms with E-state index in [1.165, 1.54) is 6.26 Å². The minimum Gasteiger partial charge on any atom is -0.444 e. The molecule has 0 bridgehead atoms. The van der Waals surface area contributed by atoms with E-state index in [0.29, 0.717) is 24.7 Å². The molecular weight excluding hydrogens is 309 g/mol. The largest absolute Gasteiger partial charge is 0.444 e. The maximum atomic E-state index is 11.4. The van der Waals surface area contributed by atoms with Crippen LogP contribution in [0.15, 0.2) is 28.2 Å². The monoisotopic (exact) mass is 323 g/mol. The highest BCUT2D eigenvalue weighted by Gasteiger charge is 2.10. The number of carbonyl (C=O) groups is 1. The van der Waals surface area contributed by atoms with Gasteiger partial charge in [-0.3, -0.25) is 4.79 Å². The highest BCUT2D eigenvalue weighted by atomic mass is 35.5. The number of halogens is 2. The number of nitrogens with one attached hydrogen (secondary N) is 1. The molecule has 0 atom stereocenters. The molecule has 2 aromatic heterocycles. The second-order valence-electron chi connectivity index (χ2n) is 3.44. The SMILES string of the molecule is Cl.Cl.NCCNC(=O)Cc1coc(-c2cccs2)n1. The Hall–Kier alpha value is -1.08. The number of carbonyl (C=O) groups excluding carboxylic acids is 1. The molecule has 0 aliphatic carbocycles. The predicted molar refractivity (Wildman–Crippen MR) is 80.1 cm³/mol. The summed E-state index contributed by atoms with van der Waals surface area (Å²) in [4.78, 5) is 16.6. The van der Waals surface area contributed by atoms with Gasteiger partial charge in [0.1, 0.15) is 6.26 Å². The molecule has 0 saturated carbocycles. The molecule has 2 aromatic rings. The predicted octanol–water partition coefficient (Wildman–Crippen LogP) is 1.86. The standard InChI is InChI=1S/C11H13N3O2S.2ClH/c12-3-4-13-10(15)6-8-7-16-11(14-8)9-2-1-5-17-9;;/h1-2,5,7H,3-4,6,12H2,(H,13,15);2*1H. The summed E-state index contributed by atoms with van der Waals surface area (Å²) in [5, 5.41) is 4.63. The number of nitrogens with zero attached hydrogens (tertiary/aromatic N) is 1. The lowest BCUT2D eigenvalue weighted by Crippen LogP contribution is -2.30. The Morgan fingerprint density at radius 2 is 2.26 bits per heavy atom. The summed E-state index contributed by atoms with van der Waals surface area (Å²) in [7, 11) is 0. The van der Waals surface area contributed by atoms with Gasteiger partial charge in [-0.05, 0) is 11.4 Å². The second-order valence-corrected chi connectivity index (χ2v) is 4.38. The van der Waals surface area contributed by atoms with E-state index in [2.05, 4.69) is 10.3 Å². The van der Waals surface area contributed by atoms with E-state index < -0.39 is 0 Å². The van der Waals surface area contributed by atoms with Crippen LogP contribution >= 0.6 is 36.2 Å². The first-order valence-electron chi connectivity index (χ1n) is 5.24. The summed E-state index contributed by atoms with van der Waals surface area (Å²) in [5.41, 5.74) is 5.92. The van der Waals surface area contributed by atoms with Gasteiger partial charge in [-0.1, -0.05) is 6.07 Å². The van der Waals surface area contributed by atoms with Crippen LogP contribution in [-0.4, -0.2) is 24.0 Å². The highest BCUT2D eigenvalue weighted by Crippen LogP contribution is 2.23. The van der Waals surface area contributed by atoms with E-state index in [-0.39, 0.29) is 37.1 Å². The van der Waals surface area contributed by atoms with E-state index in [9.17, 15) is 4.79 Å². The zero-order valence-electron chi connectivity index (χ0n) is 10.00. The van der Waals surface area contributed by atoms with Gasteiger partial charge in [-0.2, -0.15) is 0 Å². The smallest absolute Gasteiger partial charge is 0.236 e. The molecule has 0 unspecified atom stereocenters. The van der Waals surface area contributed by atoms with Crippen molar-refractivity contribution >= 4 is 42.1 Å². The van der Waals surface area contributed by atoms with Gasteiger partial charge in [0.25, 0.3) is 0 Å². The lowest BCUT2D eigenvalue weighted by atomic mass is 10.3. The van der Waals surface area contributed by atoms with Gasteiger partial charge in [0, 0.05) is 13.1 Å². The first-order chi connectivity index (χ1) is 8.29. The molecule has 0 fully saturated rings. The van der Waals surface area contributed by atoms with E-state index in [4.69, 9.17) is 10.2 Å². The minimum absolute atomic E-state index is 0. The number of oxazole rings is 1. The molecule has 2 heterocycles. The Labute approximate surface area is 127 Å². The molecule has 8 heteroatoms. The fourth-order valence-electron chi connectivity index (χ4n) is 1.34. The summed E-state index contributed by atoms with van der Waals surface area (Å²) in [5.74, 6) is 0.461. The Balaban J connectivity index is 0.00000162. The molecule has 3 N–H and O–H groups in total. The summed E-state index contributed by atoms with van der Waals surface area (Å²) >= 11 is 1.55. The molecule has 1 amide bonds. The highest BCUT2D eigenvalue weighted by molar-refractivity contribution is 7.13. The molecule has 0 aliphatic heterocycles. The molecule has 106 valence electrons. The Kier molecular flexibility index (Phi) is 8.42. The zero-order chi connectivity index (χ0) is 12.1. The van der Waals surface area contributed by atoms with Crippen LogP contribution in [0, 0.1) is 0 Å². The van der Waals surface area contributed by atoms with Crippen molar-refractivity contribution in [3.63, 3.8) is 0 Å². The first-order valence-corrected chi connectivity index (χ1v) is 6.12. The Morgan fingerprint density at radius 3 is 2.89 bits per heavy atom. The van der Waals surface area contributed by atoms with Crippen LogP contribution in [0.4, 0.5) is 0 Å². The fraction of sp³-hybridized carbons (Fsp3) is 0.273. The van der Waals surface area contributed by atoms with E-state index >= 15 is 0 Å². The molecule has 0 saturated heterocycles. The molecule has 0 aromatic carbocycles. The Morgan fingerprint density at radius 1 is 1.47 bits per heavy atom. The molecule has 2 rings (SSSR count). The van der Waals surface area contributed by atoms with Crippen LogP contribution in [0.5, 0.6) is 0 Å². The van der Waals surface area contributed by atoms with Crippen molar-refractivity contribution in [1.82, 2.24) is 10.3 Å². The first kappa shape index (κ1) is 17.9. The van der Waals surface area contributed by atoms with Gasteiger partial charge in [0.05, 0.1) is 17.0 Å². The van der Waals surface area contributed by atoms with Crippen molar-refractivity contribution in [1.29, 1.82) is 0 Å². The number of hydrogen-bond donors (Lipinski definition) is 2. The van der Waals surface area contributed by atoms with Gasteiger partial charge in [0.15, 0.2) is 0 Å². The number of amides is 1. The minimum atomic E-state index is -0.0959. The summed E-state index contributed by atoms with van der Waals surface area (Å²) in [6, 6.07) is 3.85. The molecular formula is C11H15Cl2N3O2S. The van der Waals surface area contributed by atoms with Gasteiger partial charge < -0.3 is 15.5 Å². The summed E-state index contributed by atoms with van der Waals surface area (Å²) in [6.07, 6.45) is 1.73. The lowest BCUT2D eigenvalue weighted by molar-refractivity contribution is -0.120. The van der Waals surface area contributed by atoms with Crippen LogP contribution in [0.25, 0.3) is 10.8 Å². The van der Waals surface area contributed by atoms with Crippen LogP contribution < -0.4 is 11.1 Å². The number of hydrogen-bond acceptors (Lipinski definition) is 5. The van der Waals surface area contributed by atoms with Gasteiger partial charge >= 0.3 is 0 Å². The summed E-state index contributed by atoms with van der Waals surface area (Å²) in [6.45, 7) is 0.916. The average Bonchev–Trinajstić information content (AvgIpc) is 2.95. The third kappa shape index (κ3) is 5.20. The quantitative estimate of drug-likeness (QED) is 0.880. The number of nitrogens with two attached hydrogens (primary N) is 1. The topological polar surface area (TPSA) is 81.1 Å². The normalized spacial score (nSPS) is 9.32. The lowest BCUT2D eigenvalue weighted by Gasteiger charge is -1.99. The van der Waals surface area contributed by atoms with Gasteiger partial charge in [-0.25, -0.2) is 4.98 Å². The van der Waals surface area contributed by atoms with Crippen LogP contribution in [-0.2, 0) is 11.2 Å². The second kappa shape index (κ2) is 8.92. The van der Waals surface area contributed by atoms with E-state index in [1.807, 2.05) is 17.5 Å². The Bertz CT molecular complexity index is 488. The number of thiophene rings is 1. The van der Waals surface area contributed by atoms with E-state index in [1.54, 1.807) is 11.3 Å². The van der Waals surface area contributed by atoms with Crippen LogP contribution in [0.3, 0.4) is 0 Å². The van der Waals surface area contributed by atoms with Gasteiger partial charge in [-0.15, -0.1) is 36.2 Å². The van der Waals surface area contributed by atoms with Crippen molar-refractivity contribution in [2.24, 2.45) is 5.73 Å². The molecule has 0 radical (unpaired) electrons. The fourth-order valence-corrected chi connectivity index (χ4v) is 2.00. The third-order valence-corrected chi connectivity index (χ3v) is 2.95. The summed E-state index contributed by atoms with van der Waals surface area (Å²) < 4.78 is 5.31. The van der Waals surface area contributed by atoms with Gasteiger partial charge in [0.2, 0.25) is 11.8 Å². The van der Waals surface area contributed by atoms with E-state index in [0.717, 1.165) is 4.88 Å². The number of rotatable bonds is 5.